The topological polar surface area (TPSA) is 17.2 Å². The largest absolute Gasteiger partial charge is 0.243 e. The molecule has 76 valence electrons. The molecule has 0 aliphatic rings. The SMILES string of the molecule is [C-]#[N+]c1c(C(C)C)ccc2nc(C)sc12. The minimum atomic E-state index is 0.390. The molecule has 3 heteroatoms. The normalized spacial score (nSPS) is 10.9. The van der Waals surface area contributed by atoms with E-state index in [1.54, 1.807) is 11.3 Å². The number of benzene rings is 1. The molecule has 0 aliphatic heterocycles. The van der Waals surface area contributed by atoms with E-state index in [-0.39, 0.29) is 0 Å². The quantitative estimate of drug-likeness (QED) is 0.650. The lowest BCUT2D eigenvalue weighted by Crippen LogP contribution is -1.86. The molecule has 0 N–H and O–H groups in total. The van der Waals surface area contributed by atoms with Crippen molar-refractivity contribution in [1.29, 1.82) is 0 Å². The number of fused-ring (bicyclic) bond motifs is 1. The van der Waals surface area contributed by atoms with Crippen molar-refractivity contribution in [2.45, 2.75) is 26.7 Å². The summed E-state index contributed by atoms with van der Waals surface area (Å²) in [6.45, 7) is 13.5. The number of hydrogen-bond donors (Lipinski definition) is 0. The molecular weight excluding hydrogens is 204 g/mol. The molecule has 0 saturated carbocycles. The summed E-state index contributed by atoms with van der Waals surface area (Å²) in [5.41, 5.74) is 2.86. The summed E-state index contributed by atoms with van der Waals surface area (Å²) < 4.78 is 1.04. The second-order valence-corrected chi connectivity index (χ2v) is 5.05. The predicted octanol–water partition coefficient (Wildman–Crippen LogP) is 4.28. The standard InChI is InChI=1S/C12H12N2S/c1-7(2)9-5-6-10-12(11(9)13-4)15-8(3)14-10/h5-7H,1-3H3. The van der Waals surface area contributed by atoms with Crippen LogP contribution in [0.2, 0.25) is 0 Å². The Kier molecular flexibility index (Phi) is 2.45. The fourth-order valence-electron chi connectivity index (χ4n) is 1.69. The maximum atomic E-state index is 7.27. The van der Waals surface area contributed by atoms with Crippen LogP contribution in [-0.2, 0) is 0 Å². The maximum Gasteiger partial charge on any atom is 0.209 e. The van der Waals surface area contributed by atoms with Gasteiger partial charge < -0.3 is 0 Å². The molecule has 15 heavy (non-hydrogen) atoms. The highest BCUT2D eigenvalue weighted by Gasteiger charge is 2.13. The Bertz CT molecular complexity index is 546. The van der Waals surface area contributed by atoms with Gasteiger partial charge in [-0.25, -0.2) is 9.83 Å². The number of aryl methyl sites for hydroxylation is 1. The van der Waals surface area contributed by atoms with Gasteiger partial charge in [-0.15, -0.1) is 11.3 Å². The molecule has 0 atom stereocenters. The summed E-state index contributed by atoms with van der Waals surface area (Å²) in [6.07, 6.45) is 0. The van der Waals surface area contributed by atoms with Gasteiger partial charge in [-0.3, -0.25) is 0 Å². The third-order valence-corrected chi connectivity index (χ3v) is 3.40. The molecule has 1 heterocycles. The van der Waals surface area contributed by atoms with E-state index < -0.39 is 0 Å². The first-order valence-electron chi connectivity index (χ1n) is 4.91. The molecule has 0 bridgehead atoms. The van der Waals surface area contributed by atoms with Gasteiger partial charge in [0.2, 0.25) is 5.69 Å². The van der Waals surface area contributed by atoms with Crippen molar-refractivity contribution < 1.29 is 0 Å². The number of hydrogen-bond acceptors (Lipinski definition) is 2. The second kappa shape index (κ2) is 3.63. The van der Waals surface area contributed by atoms with Crippen LogP contribution in [0, 0.1) is 13.5 Å². The van der Waals surface area contributed by atoms with Crippen LogP contribution in [0.1, 0.15) is 30.3 Å². The van der Waals surface area contributed by atoms with Crippen LogP contribution in [0.5, 0.6) is 0 Å². The molecular formula is C12H12N2S. The van der Waals surface area contributed by atoms with E-state index in [2.05, 4.69) is 23.7 Å². The van der Waals surface area contributed by atoms with E-state index in [1.807, 2.05) is 19.1 Å². The highest BCUT2D eigenvalue weighted by molar-refractivity contribution is 7.19. The summed E-state index contributed by atoms with van der Waals surface area (Å²) in [4.78, 5) is 8.05. The van der Waals surface area contributed by atoms with Crippen LogP contribution in [0.4, 0.5) is 5.69 Å². The molecule has 2 aromatic rings. The van der Waals surface area contributed by atoms with Gasteiger partial charge in [0.15, 0.2) is 0 Å². The highest BCUT2D eigenvalue weighted by Crippen LogP contribution is 2.37. The Morgan fingerprint density at radius 2 is 2.13 bits per heavy atom. The monoisotopic (exact) mass is 216 g/mol. The molecule has 0 spiro atoms. The summed E-state index contributed by atoms with van der Waals surface area (Å²) in [5, 5.41) is 1.02. The van der Waals surface area contributed by atoms with Gasteiger partial charge in [0.05, 0.1) is 21.8 Å². The lowest BCUT2D eigenvalue weighted by atomic mass is 10.0. The molecule has 0 aliphatic carbocycles. The van der Waals surface area contributed by atoms with Crippen LogP contribution in [0.25, 0.3) is 15.1 Å². The number of nitrogens with zero attached hydrogens (tertiary/aromatic N) is 2. The molecule has 0 radical (unpaired) electrons. The van der Waals surface area contributed by atoms with E-state index in [0.717, 1.165) is 26.5 Å². The van der Waals surface area contributed by atoms with Crippen LogP contribution >= 0.6 is 11.3 Å². The van der Waals surface area contributed by atoms with Crippen LogP contribution in [0.15, 0.2) is 12.1 Å². The third-order valence-electron chi connectivity index (χ3n) is 2.40. The molecule has 2 rings (SSSR count). The van der Waals surface area contributed by atoms with Crippen molar-refractivity contribution in [2.24, 2.45) is 0 Å². The molecule has 0 fully saturated rings. The van der Waals surface area contributed by atoms with Crippen molar-refractivity contribution in [1.82, 2.24) is 4.98 Å². The minimum absolute atomic E-state index is 0.390. The number of thiazole rings is 1. The Hall–Kier alpha value is -1.40. The van der Waals surface area contributed by atoms with Crippen LogP contribution in [-0.4, -0.2) is 4.98 Å². The first-order chi connectivity index (χ1) is 7.13. The van der Waals surface area contributed by atoms with Crippen LogP contribution < -0.4 is 0 Å². The average molecular weight is 216 g/mol. The second-order valence-electron chi connectivity index (χ2n) is 3.85. The van der Waals surface area contributed by atoms with E-state index in [0.29, 0.717) is 5.92 Å². The summed E-state index contributed by atoms with van der Waals surface area (Å²) >= 11 is 1.61. The lowest BCUT2D eigenvalue weighted by molar-refractivity contribution is 0.873. The van der Waals surface area contributed by atoms with E-state index >= 15 is 0 Å². The van der Waals surface area contributed by atoms with Gasteiger partial charge in [-0.2, -0.15) is 0 Å². The van der Waals surface area contributed by atoms with Crippen LogP contribution in [0.3, 0.4) is 0 Å². The van der Waals surface area contributed by atoms with Crippen molar-refractivity contribution in [3.63, 3.8) is 0 Å². The van der Waals surface area contributed by atoms with E-state index in [4.69, 9.17) is 6.57 Å². The Balaban J connectivity index is 2.82. The third kappa shape index (κ3) is 1.62. The molecule has 2 nitrogen and oxygen atoms in total. The molecule has 0 unspecified atom stereocenters. The average Bonchev–Trinajstić information content (AvgIpc) is 2.55. The Morgan fingerprint density at radius 1 is 1.40 bits per heavy atom. The van der Waals surface area contributed by atoms with Gasteiger partial charge in [0, 0.05) is 0 Å². The van der Waals surface area contributed by atoms with Gasteiger partial charge in [0.25, 0.3) is 0 Å². The van der Waals surface area contributed by atoms with E-state index in [1.165, 1.54) is 0 Å². The highest BCUT2D eigenvalue weighted by atomic mass is 32.1. The van der Waals surface area contributed by atoms with Crippen molar-refractivity contribution in [2.75, 3.05) is 0 Å². The van der Waals surface area contributed by atoms with Gasteiger partial charge in [0.1, 0.15) is 0 Å². The van der Waals surface area contributed by atoms with E-state index in [9.17, 15) is 0 Å². The molecule has 1 aromatic carbocycles. The van der Waals surface area contributed by atoms with Gasteiger partial charge in [-0.1, -0.05) is 19.9 Å². The first-order valence-corrected chi connectivity index (χ1v) is 5.72. The summed E-state index contributed by atoms with van der Waals surface area (Å²) in [7, 11) is 0. The fourth-order valence-corrected chi connectivity index (χ4v) is 2.60. The Labute approximate surface area is 93.4 Å². The fraction of sp³-hybridized carbons (Fsp3) is 0.333. The van der Waals surface area contributed by atoms with Crippen molar-refractivity contribution >= 4 is 27.2 Å². The van der Waals surface area contributed by atoms with Gasteiger partial charge >= 0.3 is 0 Å². The number of rotatable bonds is 1. The lowest BCUT2D eigenvalue weighted by Gasteiger charge is -2.07. The number of aromatic nitrogens is 1. The zero-order valence-electron chi connectivity index (χ0n) is 9.03. The smallest absolute Gasteiger partial charge is 0.209 e. The van der Waals surface area contributed by atoms with Crippen molar-refractivity contribution in [3.8, 4) is 0 Å². The zero-order chi connectivity index (χ0) is 11.0. The van der Waals surface area contributed by atoms with Gasteiger partial charge in [-0.05, 0) is 24.5 Å². The predicted molar refractivity (Wildman–Crippen MR) is 64.7 cm³/mol. The molecule has 0 saturated heterocycles. The molecule has 1 aromatic heterocycles. The summed E-state index contributed by atoms with van der Waals surface area (Å²) in [6, 6.07) is 4.04. The first kappa shape index (κ1) is 10.1. The zero-order valence-corrected chi connectivity index (χ0v) is 9.85. The van der Waals surface area contributed by atoms with Crippen molar-refractivity contribution in [3.05, 3.63) is 34.1 Å². The Morgan fingerprint density at radius 3 is 2.73 bits per heavy atom. The summed E-state index contributed by atoms with van der Waals surface area (Å²) in [5.74, 6) is 0.390. The molecule has 0 amide bonds. The maximum absolute atomic E-state index is 7.27. The minimum Gasteiger partial charge on any atom is -0.243 e.